The second-order valence-electron chi connectivity index (χ2n) is 11.9. The van der Waals surface area contributed by atoms with Crippen LogP contribution < -0.4 is 39.2 Å². The van der Waals surface area contributed by atoms with E-state index in [0.29, 0.717) is 6.64 Å². The van der Waals surface area contributed by atoms with Gasteiger partial charge < -0.3 is 35.3 Å². The molecule has 0 amide bonds. The molecule has 5 rings (SSSR count). The molecule has 21 nitrogen and oxygen atoms in total. The van der Waals surface area contributed by atoms with E-state index in [-0.39, 0.29) is 72.5 Å². The first-order valence-electron chi connectivity index (χ1n) is 16.3. The van der Waals surface area contributed by atoms with Crippen molar-refractivity contribution < 1.29 is 36.4 Å². The molecule has 0 spiro atoms. The molecule has 0 saturated carbocycles. The summed E-state index contributed by atoms with van der Waals surface area (Å²) in [6.45, 7) is 0.322. The third-order valence-corrected chi connectivity index (χ3v) is 6.84. The molecule has 0 saturated heterocycles. The smallest absolute Gasteiger partial charge is 0.332 e. The molecule has 5 heterocycles. The van der Waals surface area contributed by atoms with Gasteiger partial charge in [-0.25, -0.2) is 24.6 Å². The summed E-state index contributed by atoms with van der Waals surface area (Å²) in [6, 6.07) is 3.04. The molecule has 1 unspecified atom stereocenters. The van der Waals surface area contributed by atoms with Crippen LogP contribution in [0.2, 0.25) is 15.1 Å². The number of aromatic amines is 5. The summed E-state index contributed by atoms with van der Waals surface area (Å²) in [5, 5.41) is 45.9. The van der Waals surface area contributed by atoms with Gasteiger partial charge in [0, 0.05) is 50.6 Å². The molecule has 0 aliphatic rings. The van der Waals surface area contributed by atoms with Crippen molar-refractivity contribution >= 4 is 44.0 Å². The van der Waals surface area contributed by atoms with Crippen molar-refractivity contribution in [2.24, 2.45) is 0 Å². The lowest BCUT2D eigenvalue weighted by Crippen LogP contribution is -2.46. The van der Waals surface area contributed by atoms with Crippen LogP contribution in [-0.2, 0) is 13.3 Å². The van der Waals surface area contributed by atoms with Gasteiger partial charge in [0.1, 0.15) is 28.4 Å². The predicted octanol–water partition coefficient (Wildman–Crippen LogP) is 0.575. The number of hydrogen-bond donors (Lipinski definition) is 10. The molecule has 5 aromatic heterocycles. The van der Waals surface area contributed by atoms with Crippen molar-refractivity contribution in [3.05, 3.63) is 148 Å². The second-order valence-corrected chi connectivity index (χ2v) is 13.1. The minimum absolute atomic E-state index is 0.0584. The molecule has 318 valence electrons. The van der Waals surface area contributed by atoms with Crippen LogP contribution in [-0.4, -0.2) is 104 Å². The lowest BCUT2D eigenvalue weighted by atomic mass is 10.3. The number of hydroxylamine groups is 6. The summed E-state index contributed by atoms with van der Waals surface area (Å²) in [5.41, 5.74) is -3.22. The zero-order valence-corrected chi connectivity index (χ0v) is 34.9. The second kappa shape index (κ2) is 24.6. The molecule has 59 heavy (non-hydrogen) atoms. The maximum atomic E-state index is 11.6. The lowest BCUT2D eigenvalue weighted by Gasteiger charge is -2.20. The molecule has 0 bridgehead atoms. The normalized spacial score (nSPS) is 10.3. The van der Waals surface area contributed by atoms with E-state index in [1.54, 1.807) is 0 Å². The Balaban J connectivity index is 0.000000723. The van der Waals surface area contributed by atoms with Crippen LogP contribution >= 0.6 is 44.0 Å². The third-order valence-electron chi connectivity index (χ3n) is 5.94. The van der Waals surface area contributed by atoms with Gasteiger partial charge in [-0.2, -0.15) is 9.29 Å². The van der Waals surface area contributed by atoms with Crippen molar-refractivity contribution in [3.63, 3.8) is 0 Å². The van der Waals surface area contributed by atoms with Crippen LogP contribution in [0.3, 0.4) is 0 Å². The number of aromatic nitrogens is 7. The Morgan fingerprint density at radius 1 is 0.712 bits per heavy atom. The number of nitrogens with one attached hydrogen (secondary N) is 5. The zero-order chi connectivity index (χ0) is 46.5. The fraction of sp³-hybridized carbons (Fsp3) is 0.206. The molecule has 0 fully saturated rings. The Morgan fingerprint density at radius 2 is 1.15 bits per heavy atom. The minimum atomic E-state index is -0.598. The van der Waals surface area contributed by atoms with Gasteiger partial charge in [0.25, 0.3) is 27.8 Å². The largest absolute Gasteiger partial charge is 0.506 e. The highest BCUT2D eigenvalue weighted by molar-refractivity contribution is 7.15. The maximum absolute atomic E-state index is 11.6. The van der Waals surface area contributed by atoms with E-state index < -0.39 is 32.7 Å². The van der Waals surface area contributed by atoms with E-state index in [1.807, 2.05) is 4.98 Å². The SMILES string of the molecule is C#Cc1c[nH]c(=O)[nH]c1=O.C#Cc1c[nH]c(=O)n(C[N+](C)(C)O)c1=O.C[N+](C)(O)Cn1cc(Cl)c(O)cc1=O.O=c1cc(O)c(Cl)c[nH]1.O=c1cc(O)c(Cl)c[nH]1.[2H]CP. The predicted molar refractivity (Wildman–Crippen MR) is 223 cm³/mol. The number of pyridine rings is 3. The van der Waals surface area contributed by atoms with Crippen molar-refractivity contribution in [1.29, 1.82) is 0 Å². The van der Waals surface area contributed by atoms with E-state index >= 15 is 0 Å². The molecule has 0 aliphatic carbocycles. The molecular formula is C34H41Cl3N9O12P+2. The molecule has 1 atom stereocenters. The van der Waals surface area contributed by atoms with Gasteiger partial charge in [-0.3, -0.25) is 33.5 Å². The van der Waals surface area contributed by atoms with Crippen molar-refractivity contribution in [3.8, 4) is 41.9 Å². The fourth-order valence-corrected chi connectivity index (χ4v) is 3.90. The number of halogens is 3. The standard InChI is InChI=1S/C9H11N3O3.C8H11ClN2O3.C6H4N2O2.2C5H4ClNO2.CH5P/c1-4-7-5-10-9(14)11(8(7)13)6-12(2,3)15;1-11(2,14)5-10-4-6(9)7(12)3-8(10)13;1-2-4-3-7-6(10)8-5(4)9;2*6-3-2-7-5(9)1-4(3)8;1-2/h1,5,15H,6H2,2-3H3;3-4,14H,5H2,1-2H3;1,3H,(H2,7,8,9,10);2*1-2H,(H2,7,8,9);2H2,1H3/p+2/i;;;;;1D. The Hall–Kier alpha value is -6.13. The summed E-state index contributed by atoms with van der Waals surface area (Å²) in [7, 11) is 8.17. The number of aromatic hydroxyl groups is 3. The quantitative estimate of drug-likeness (QED) is 0.0513. The van der Waals surface area contributed by atoms with Crippen LogP contribution in [0, 0.1) is 24.7 Å². The van der Waals surface area contributed by atoms with Gasteiger partial charge in [0.15, 0.2) is 13.3 Å². The minimum Gasteiger partial charge on any atom is -0.506 e. The van der Waals surface area contributed by atoms with Gasteiger partial charge in [-0.1, -0.05) is 53.3 Å². The highest BCUT2D eigenvalue weighted by Gasteiger charge is 2.16. The van der Waals surface area contributed by atoms with Crippen molar-refractivity contribution in [2.75, 3.05) is 34.8 Å². The molecule has 10 N–H and O–H groups in total. The number of quaternary nitrogens is 2. The molecule has 5 aromatic rings. The lowest BCUT2D eigenvalue weighted by molar-refractivity contribution is -1.09. The average molecular weight is 906 g/mol. The molecule has 0 radical (unpaired) electrons. The first-order valence-corrected chi connectivity index (χ1v) is 17.6. The maximum Gasteiger partial charge on any atom is 0.332 e. The van der Waals surface area contributed by atoms with Gasteiger partial charge >= 0.3 is 11.4 Å². The van der Waals surface area contributed by atoms with Crippen LogP contribution in [0.4, 0.5) is 0 Å². The molecule has 25 heteroatoms. The Bertz CT molecular complexity index is 2640. The summed E-state index contributed by atoms with van der Waals surface area (Å²) in [5.74, 6) is 3.62. The fourth-order valence-electron chi connectivity index (χ4n) is 3.51. The first-order chi connectivity index (χ1) is 27.7. The first kappa shape index (κ1) is 50.9. The third kappa shape index (κ3) is 20.2. The van der Waals surface area contributed by atoms with Gasteiger partial charge in [-0.15, -0.1) is 22.1 Å². The summed E-state index contributed by atoms with van der Waals surface area (Å²) >= 11 is 16.3. The van der Waals surface area contributed by atoms with Crippen LogP contribution in [0.5, 0.6) is 17.2 Å². The summed E-state index contributed by atoms with van der Waals surface area (Å²) in [6.07, 6.45) is 16.1. The van der Waals surface area contributed by atoms with E-state index in [0.717, 1.165) is 22.8 Å². The van der Waals surface area contributed by atoms with E-state index in [1.165, 1.54) is 63.7 Å². The van der Waals surface area contributed by atoms with E-state index in [4.69, 9.17) is 64.3 Å². The number of nitrogens with zero attached hydrogens (tertiary/aromatic N) is 4. The van der Waals surface area contributed by atoms with Crippen LogP contribution in [0.1, 0.15) is 12.5 Å². The van der Waals surface area contributed by atoms with E-state index in [9.17, 15) is 44.0 Å². The Labute approximate surface area is 351 Å². The number of H-pyrrole nitrogens is 5. The van der Waals surface area contributed by atoms with Crippen molar-refractivity contribution in [2.45, 2.75) is 13.3 Å². The number of hydrogen-bond acceptors (Lipinski definition) is 12. The monoisotopic (exact) mass is 904 g/mol. The Morgan fingerprint density at radius 3 is 1.54 bits per heavy atom. The van der Waals surface area contributed by atoms with Crippen LogP contribution in [0.25, 0.3) is 0 Å². The summed E-state index contributed by atoms with van der Waals surface area (Å²) < 4.78 is 7.33. The van der Waals surface area contributed by atoms with Crippen LogP contribution in [0.15, 0.2) is 82.7 Å². The number of rotatable bonds is 4. The zero-order valence-electron chi connectivity index (χ0n) is 32.5. The molecule has 0 aromatic carbocycles. The molecular weight excluding hydrogens is 864 g/mol. The van der Waals surface area contributed by atoms with E-state index in [2.05, 4.69) is 41.0 Å². The highest BCUT2D eigenvalue weighted by Crippen LogP contribution is 2.19. The van der Waals surface area contributed by atoms with Crippen molar-refractivity contribution in [1.82, 2.24) is 34.1 Å². The summed E-state index contributed by atoms with van der Waals surface area (Å²) in [4.78, 5) is 87.1. The van der Waals surface area contributed by atoms with Gasteiger partial charge in [0.2, 0.25) is 0 Å². The van der Waals surface area contributed by atoms with Gasteiger partial charge in [-0.05, 0) is 0 Å². The average Bonchev–Trinajstić information content (AvgIpc) is 3.13. The topological polar surface area (TPSA) is 309 Å². The number of terminal acetylenes is 2. The van der Waals surface area contributed by atoms with Gasteiger partial charge in [0.05, 0.1) is 43.3 Å². The highest BCUT2D eigenvalue weighted by atomic mass is 35.5. The molecule has 0 aliphatic heterocycles. The Kier molecular flexibility index (Phi) is 21.2.